The van der Waals surface area contributed by atoms with Gasteiger partial charge in [0, 0.05) is 19.3 Å². The van der Waals surface area contributed by atoms with Crippen LogP contribution < -0.4 is 35.3 Å². The zero-order valence-electron chi connectivity index (χ0n) is 66.5. The second-order valence-corrected chi connectivity index (χ2v) is 39.1. The van der Waals surface area contributed by atoms with Gasteiger partial charge in [0.25, 0.3) is 5.91 Å². The molecule has 6 amide bonds. The SMILES string of the molecule is CC(C)(C)[C@@H]1NC(=O)O[C@@H]2CCC[C@H]2OC/C=C/C(F)(F)c2nc3ccccc3nc2O[C@@H]2C[C@@H](C(=O)O)N(C2)C1=O.CC[C@@H]1C[C@]1(CC(=O)[C@@H]1C[C@@H]2CN1C(=O)[C@H](C(C)(C)C)NC(=O)O[C@@H]1CCC[C@H]1OC/C=C/C(F)(F)c1nc3ccccc3nc1O2)C(=O)NS(=O)(=O)C1(C)CC1.CC[C@@H]1C[C@]1(N)C(=O)NS(=O)(=O)C1(C)CC1.Cl. The van der Waals surface area contributed by atoms with Crippen LogP contribution in [0.4, 0.5) is 27.2 Å². The van der Waals surface area contributed by atoms with Crippen molar-refractivity contribution in [3.05, 3.63) is 84.2 Å². The van der Waals surface area contributed by atoms with Crippen LogP contribution in [0.5, 0.6) is 11.8 Å². The molecule has 7 N–H and O–H groups in total. The summed E-state index contributed by atoms with van der Waals surface area (Å²) in [5.74, 6) is -12.8. The molecule has 4 aliphatic heterocycles. The van der Waals surface area contributed by atoms with Crippen molar-refractivity contribution >= 4 is 102 Å². The van der Waals surface area contributed by atoms with Crippen molar-refractivity contribution in [3.63, 3.8) is 0 Å². The van der Waals surface area contributed by atoms with Crippen molar-refractivity contribution in [1.82, 2.24) is 49.8 Å². The highest BCUT2D eigenvalue weighted by Gasteiger charge is 2.64. The number of fused-ring (bicyclic) bond motifs is 10. The molecule has 14 atom stereocenters. The van der Waals surface area contributed by atoms with Crippen LogP contribution in [0.25, 0.3) is 22.1 Å². The summed E-state index contributed by atoms with van der Waals surface area (Å²) in [5.41, 5.74) is 1.36. The van der Waals surface area contributed by atoms with Gasteiger partial charge in [0.2, 0.25) is 49.5 Å². The van der Waals surface area contributed by atoms with Crippen LogP contribution in [0.2, 0.25) is 0 Å². The minimum absolute atomic E-state index is 0. The maximum Gasteiger partial charge on any atom is 0.408 e. The number of hydrogen-bond donors (Lipinski definition) is 6. The van der Waals surface area contributed by atoms with Crippen molar-refractivity contribution in [2.75, 3.05) is 26.3 Å². The van der Waals surface area contributed by atoms with Crippen LogP contribution in [0.3, 0.4) is 0 Å². The number of carboxylic acid groups (broad SMARTS) is 1. The van der Waals surface area contributed by atoms with Crippen molar-refractivity contribution in [3.8, 4) is 11.8 Å². The first-order valence-corrected chi connectivity index (χ1v) is 42.3. The zero-order valence-corrected chi connectivity index (χ0v) is 68.9. The highest BCUT2D eigenvalue weighted by Crippen LogP contribution is 2.59. The summed E-state index contributed by atoms with van der Waals surface area (Å²) in [4.78, 5) is 127. The standard InChI is InChI=1S/C40H51F2N5O9S.C29H34F2N4O7.C10H18N2O3S.ClH/c1-6-23-20-39(23,35(50)46-57(52,53)38(5)16-17-38)21-28(48)27-19-24-22-47(27)34(49)32(37(2,3)4)45-36(51)56-30-14-9-13-29(30)54-18-10-15-40(41,42)31-33(55-24)44-26-12-8-7-11-25(26)43-31;1-28(2,3)23-25(36)35-15-16(14-19(35)26(37)38)41-24-22(32-17-8-4-5-9-18(17)33-24)29(30,31)12-7-13-40-20-10-6-11-21(20)42-27(39)34-23;1-3-7-6-10(7,11)8(13)12-16(14,15)9(2)4-5-9;/h7-8,10-12,15,23-24,27,29-30,32H,6,9,13-14,16-22H2,1-5H3,(H,45,51)(H,46,50);4-5,7-9,12,16,19-21,23H,6,10-11,13-15H2,1-3H3,(H,34,39)(H,37,38);7H,3-6,11H2,1-2H3,(H,12,13);1H/b15-10+;12-7+;;/t23-,24-,27+,29-,30-,32-,39-;16-,19+,20-,21-,23-;7-,10-;/m111./s1. The summed E-state index contributed by atoms with van der Waals surface area (Å²) in [6, 6.07) is 8.03. The molecule has 0 unspecified atom stereocenters. The van der Waals surface area contributed by atoms with Gasteiger partial charge in [-0.25, -0.2) is 51.2 Å². The number of carbonyl (C=O) groups is 8. The third-order valence-corrected chi connectivity index (χ3v) is 28.2. The Morgan fingerprint density at radius 1 is 0.578 bits per heavy atom. The number of benzene rings is 2. The number of aromatic nitrogens is 4. The van der Waals surface area contributed by atoms with E-state index < -0.39 is 195 Å². The average molecular weight is 1690 g/mol. The van der Waals surface area contributed by atoms with Gasteiger partial charge in [-0.05, 0) is 150 Å². The van der Waals surface area contributed by atoms with Crippen LogP contribution in [-0.2, 0) is 79.6 Å². The van der Waals surface area contributed by atoms with E-state index in [4.69, 9.17) is 34.2 Å². The summed E-state index contributed by atoms with van der Waals surface area (Å²) in [7, 11) is -7.54. The summed E-state index contributed by atoms with van der Waals surface area (Å²) >= 11 is 0. The first kappa shape index (κ1) is 88.4. The Morgan fingerprint density at radius 3 is 1.34 bits per heavy atom. The van der Waals surface area contributed by atoms with Crippen LogP contribution in [0, 0.1) is 28.1 Å². The number of nitrogens with one attached hydrogen (secondary N) is 4. The molecule has 4 bridgehead atoms. The lowest BCUT2D eigenvalue weighted by atomic mass is 9.85. The summed E-state index contributed by atoms with van der Waals surface area (Å²) in [5, 5.41) is 15.3. The van der Waals surface area contributed by atoms with Gasteiger partial charge in [0.05, 0.1) is 87.1 Å². The second kappa shape index (κ2) is 33.4. The van der Waals surface area contributed by atoms with Gasteiger partial charge in [-0.2, -0.15) is 17.6 Å². The minimum atomic E-state index is -4.00. The van der Waals surface area contributed by atoms with Crippen LogP contribution >= 0.6 is 12.4 Å². The Hall–Kier alpha value is -8.45. The van der Waals surface area contributed by atoms with Gasteiger partial charge >= 0.3 is 30.0 Å². The number of halogens is 5. The predicted molar refractivity (Wildman–Crippen MR) is 415 cm³/mol. The van der Waals surface area contributed by atoms with E-state index in [2.05, 4.69) is 40.0 Å². The largest absolute Gasteiger partial charge is 0.480 e. The number of rotatable bonds is 12. The molecule has 10 aliphatic rings. The zero-order chi connectivity index (χ0) is 83.6. The van der Waals surface area contributed by atoms with Gasteiger partial charge in [-0.1, -0.05) is 105 Å². The molecule has 2 aromatic carbocycles. The number of allylic oxidation sites excluding steroid dienone is 2. The molecule has 6 saturated carbocycles. The number of para-hydroxylation sites is 4. The number of alkyl carbamates (subject to hydrolysis) is 2. The summed E-state index contributed by atoms with van der Waals surface area (Å²) in [6.45, 7) is 16.6. The van der Waals surface area contributed by atoms with Gasteiger partial charge in [-0.3, -0.25) is 33.4 Å². The number of alkyl halides is 4. The van der Waals surface area contributed by atoms with Crippen molar-refractivity contribution in [2.24, 2.45) is 33.8 Å². The Kier molecular flexibility index (Phi) is 25.4. The van der Waals surface area contributed by atoms with Crippen molar-refractivity contribution in [1.29, 1.82) is 0 Å². The number of Topliss-reactive ketones (excluding diaryl/α,β-unsaturated/α-hetero) is 1. The first-order chi connectivity index (χ1) is 53.8. The Morgan fingerprint density at radius 2 is 0.966 bits per heavy atom. The number of aliphatic carboxylic acids is 1. The topological polar surface area (TPSA) is 413 Å². The number of carboxylic acids is 1. The maximum absolute atomic E-state index is 16.1. The molecule has 0 spiro atoms. The fourth-order valence-electron chi connectivity index (χ4n) is 15.9. The lowest BCUT2D eigenvalue weighted by Crippen LogP contribution is -2.57. The number of ketones is 1. The van der Waals surface area contributed by atoms with E-state index in [1.165, 1.54) is 17.1 Å². The molecule has 116 heavy (non-hydrogen) atoms. The average Bonchev–Trinajstić information content (AvgIpc) is 1.56. The highest BCUT2D eigenvalue weighted by molar-refractivity contribution is 7.92. The van der Waals surface area contributed by atoms with E-state index >= 15 is 17.6 Å². The molecule has 8 fully saturated rings. The molecular formula is C79H104ClF4N11O19S2. The molecule has 2 aromatic heterocycles. The first-order valence-electron chi connectivity index (χ1n) is 39.3. The Balaban J connectivity index is 0.000000195. The number of hydrogen-bond acceptors (Lipinski definition) is 23. The van der Waals surface area contributed by atoms with E-state index in [1.54, 1.807) is 104 Å². The number of sulfonamides is 2. The van der Waals surface area contributed by atoms with Gasteiger partial charge in [0.15, 0.2) is 17.2 Å². The summed E-state index contributed by atoms with van der Waals surface area (Å²) < 4.78 is 151. The Bertz CT molecular complexity index is 4760. The molecular weight excluding hydrogens is 1580 g/mol. The maximum atomic E-state index is 16.1. The molecule has 2 saturated heterocycles. The number of ether oxygens (including phenoxy) is 6. The van der Waals surface area contributed by atoms with Crippen LogP contribution in [0.15, 0.2) is 72.8 Å². The monoisotopic (exact) mass is 1690 g/mol. The Labute approximate surface area is 676 Å². The molecule has 4 aromatic rings. The lowest BCUT2D eigenvalue weighted by Gasteiger charge is -2.35. The number of amides is 6. The highest BCUT2D eigenvalue weighted by atomic mass is 35.5. The summed E-state index contributed by atoms with van der Waals surface area (Å²) in [6.07, 6.45) is 4.42. The number of nitrogens with two attached hydrogens (primary N) is 1. The predicted octanol–water partition coefficient (Wildman–Crippen LogP) is 9.43. The van der Waals surface area contributed by atoms with Gasteiger partial charge < -0.3 is 59.7 Å². The molecule has 636 valence electrons. The number of nitrogens with zero attached hydrogens (tertiary/aromatic N) is 6. The van der Waals surface area contributed by atoms with Crippen LogP contribution in [-0.4, -0.2) is 201 Å². The molecule has 30 nitrogen and oxygen atoms in total. The fraction of sp³-hybridized carbons (Fsp3) is 0.646. The van der Waals surface area contributed by atoms with Gasteiger partial charge in [-0.15, -0.1) is 12.4 Å². The van der Waals surface area contributed by atoms with Crippen LogP contribution in [0.1, 0.15) is 190 Å². The normalized spacial score (nSPS) is 31.1. The van der Waals surface area contributed by atoms with Crippen molar-refractivity contribution < 1.29 is 106 Å². The van der Waals surface area contributed by atoms with E-state index in [0.29, 0.717) is 94.7 Å². The molecule has 37 heteroatoms. The lowest BCUT2D eigenvalue weighted by molar-refractivity contribution is -0.150. The van der Waals surface area contributed by atoms with E-state index in [0.717, 1.165) is 11.3 Å². The van der Waals surface area contributed by atoms with E-state index in [9.17, 15) is 60.3 Å². The third kappa shape index (κ3) is 19.0. The molecule has 6 aliphatic carbocycles. The van der Waals surface area contributed by atoms with Gasteiger partial charge in [0.1, 0.15) is 42.5 Å². The van der Waals surface area contributed by atoms with E-state index in [1.807, 2.05) is 13.8 Å². The minimum Gasteiger partial charge on any atom is -0.480 e. The van der Waals surface area contributed by atoms with E-state index in [-0.39, 0.29) is 92.8 Å². The quantitative estimate of drug-likeness (QED) is 0.0567. The van der Waals surface area contributed by atoms with Crippen molar-refractivity contribution in [2.45, 2.75) is 266 Å². The smallest absolute Gasteiger partial charge is 0.408 e. The third-order valence-electron chi connectivity index (χ3n) is 23.9. The number of carbonyl (C=O) groups excluding carboxylic acids is 7. The fourth-order valence-corrected chi connectivity index (χ4v) is 18.5. The second-order valence-electron chi connectivity index (χ2n) is 34.7. The molecule has 0 radical (unpaired) electrons. The molecule has 14 rings (SSSR count). The molecule has 6 heterocycles.